The molecule has 12 atom stereocenters. The number of ether oxygens (including phenoxy) is 2. The number of hydrogen-bond acceptors (Lipinski definition) is 17. The van der Waals surface area contributed by atoms with E-state index in [-0.39, 0.29) is 6.42 Å². The molecular weight excluding hydrogens is 628 g/mol. The topological polar surface area (TPSA) is 281 Å². The average molecular weight is 660 g/mol. The Morgan fingerprint density at radius 3 is 2.64 bits per heavy atom. The second kappa shape index (κ2) is 11.3. The van der Waals surface area contributed by atoms with Gasteiger partial charge in [-0.05, 0) is 18.7 Å². The predicted molar refractivity (Wildman–Crippen MR) is 140 cm³/mol. The maximum Gasteiger partial charge on any atom is 0.481 e. The standard InChI is InChI=1S/C20H31N5O14P2S/c1-19(30)3-8(36-18(19)25-7-24-12-15(21-2)22-6-23-16(12)25)5-35-41(34,42)39-40(32,33)38-17-11-14(29)13(28)10(9(27)4-26)20(11,31)37-17/h6-11,13-14,17-18,26-31H,3-5H2,1-2H3,(H,32,33)(H,34,42)(H,21,22,23)/t8-,9-,10?,11?,13?,14?,17?,18+,19+,20?,41?/m0/s1. The normalized spacial score (nSPS) is 39.8. The van der Waals surface area contributed by atoms with E-state index in [9.17, 15) is 45.0 Å². The van der Waals surface area contributed by atoms with E-state index in [0.717, 1.165) is 0 Å². The zero-order valence-corrected chi connectivity index (χ0v) is 24.6. The van der Waals surface area contributed by atoms with Gasteiger partial charge in [-0.2, -0.15) is 0 Å². The molecule has 2 saturated heterocycles. The van der Waals surface area contributed by atoms with E-state index in [2.05, 4.69) is 24.6 Å². The first kappa shape index (κ1) is 32.1. The highest BCUT2D eigenvalue weighted by Gasteiger charge is 2.73. The number of nitrogens with one attached hydrogen (secondary N) is 1. The number of aliphatic hydroxyl groups excluding tert-OH is 4. The zero-order chi connectivity index (χ0) is 30.8. The van der Waals surface area contributed by atoms with E-state index in [1.807, 2.05) is 0 Å². The fraction of sp³-hybridized carbons (Fsp3) is 0.750. The SMILES string of the molecule is CNc1ncnc2c1ncn2[C@@H]1O[C@H](COP(O)(=S)OP(=O)(O)OC2OC3(O)C2C(O)C(O)C3[C@@H](O)CO)C[C@@]1(C)O. The molecule has 8 unspecified atom stereocenters. The van der Waals surface area contributed by atoms with Crippen LogP contribution in [0, 0.1) is 11.8 Å². The lowest BCUT2D eigenvalue weighted by Gasteiger charge is -2.49. The molecular formula is C20H31N5O14P2S. The molecule has 0 spiro atoms. The van der Waals surface area contributed by atoms with Gasteiger partial charge in [0.1, 0.15) is 17.4 Å². The van der Waals surface area contributed by atoms with E-state index < -0.39 is 87.9 Å². The van der Waals surface area contributed by atoms with Crippen molar-refractivity contribution >= 4 is 43.3 Å². The Bertz CT molecular complexity index is 1420. The van der Waals surface area contributed by atoms with Gasteiger partial charge in [-0.3, -0.25) is 9.09 Å². The number of phosphoric acid groups is 1. The van der Waals surface area contributed by atoms with Crippen LogP contribution in [0.2, 0.25) is 0 Å². The van der Waals surface area contributed by atoms with Gasteiger partial charge >= 0.3 is 14.5 Å². The van der Waals surface area contributed by atoms with Gasteiger partial charge in [0.15, 0.2) is 29.8 Å². The van der Waals surface area contributed by atoms with E-state index in [0.29, 0.717) is 17.0 Å². The second-order valence-electron chi connectivity index (χ2n) is 10.4. The van der Waals surface area contributed by atoms with E-state index >= 15 is 0 Å². The van der Waals surface area contributed by atoms with Crippen LogP contribution >= 0.6 is 14.5 Å². The summed E-state index contributed by atoms with van der Waals surface area (Å²) in [6, 6.07) is 0. The van der Waals surface area contributed by atoms with Gasteiger partial charge in [-0.1, -0.05) is 0 Å². The summed E-state index contributed by atoms with van der Waals surface area (Å²) >= 11 is 4.83. The van der Waals surface area contributed by atoms with Gasteiger partial charge in [0.25, 0.3) is 0 Å². The van der Waals surface area contributed by atoms with Crippen molar-refractivity contribution in [1.29, 1.82) is 0 Å². The van der Waals surface area contributed by atoms with Crippen molar-refractivity contribution < 1.29 is 67.8 Å². The third kappa shape index (κ3) is 5.65. The maximum absolute atomic E-state index is 12.6. The van der Waals surface area contributed by atoms with Gasteiger partial charge in [-0.25, -0.2) is 23.8 Å². The van der Waals surface area contributed by atoms with E-state index in [1.54, 1.807) is 7.05 Å². The molecule has 0 bridgehead atoms. The van der Waals surface area contributed by atoms with Crippen molar-refractivity contribution in [2.24, 2.45) is 11.8 Å². The molecule has 5 rings (SSSR count). The second-order valence-corrected chi connectivity index (χ2v) is 14.8. The van der Waals surface area contributed by atoms with Crippen molar-refractivity contribution in [3.63, 3.8) is 0 Å². The molecule has 236 valence electrons. The highest BCUT2D eigenvalue weighted by Crippen LogP contribution is 2.65. The number of anilines is 1. The molecule has 22 heteroatoms. The molecule has 1 saturated carbocycles. The molecule has 3 fully saturated rings. The summed E-state index contributed by atoms with van der Waals surface area (Å²) in [6.07, 6.45) is -6.22. The van der Waals surface area contributed by atoms with E-state index in [4.69, 9.17) is 30.3 Å². The summed E-state index contributed by atoms with van der Waals surface area (Å²) in [7, 11) is -3.62. The van der Waals surface area contributed by atoms with Gasteiger partial charge in [0, 0.05) is 13.5 Å². The number of imidazole rings is 1. The first-order valence-electron chi connectivity index (χ1n) is 12.5. The summed E-state index contributed by atoms with van der Waals surface area (Å²) in [6.45, 7) is -4.35. The van der Waals surface area contributed by atoms with Crippen LogP contribution in [0.5, 0.6) is 0 Å². The largest absolute Gasteiger partial charge is 0.481 e. The number of nitrogens with zero attached hydrogens (tertiary/aromatic N) is 4. The molecule has 2 aromatic rings. The summed E-state index contributed by atoms with van der Waals surface area (Å²) in [5, 5.41) is 64.1. The first-order valence-corrected chi connectivity index (χ1v) is 16.6. The lowest BCUT2D eigenvalue weighted by molar-refractivity contribution is -0.427. The summed E-state index contributed by atoms with van der Waals surface area (Å²) < 4.78 is 39.7. The Kier molecular flexibility index (Phi) is 8.61. The molecule has 9 N–H and O–H groups in total. The Morgan fingerprint density at radius 1 is 1.26 bits per heavy atom. The molecule has 1 aliphatic carbocycles. The number of rotatable bonds is 11. The smallest absolute Gasteiger partial charge is 0.394 e. The van der Waals surface area contributed by atoms with Crippen LogP contribution in [-0.4, -0.2) is 122 Å². The Morgan fingerprint density at radius 2 is 1.98 bits per heavy atom. The van der Waals surface area contributed by atoms with Crippen molar-refractivity contribution in [1.82, 2.24) is 19.5 Å². The summed E-state index contributed by atoms with van der Waals surface area (Å²) in [5.41, 5.74) is -0.657. The third-order valence-corrected chi connectivity index (χ3v) is 11.0. The highest BCUT2D eigenvalue weighted by molar-refractivity contribution is 8.08. The average Bonchev–Trinajstić information content (AvgIpc) is 3.49. The van der Waals surface area contributed by atoms with Crippen LogP contribution in [0.4, 0.5) is 5.82 Å². The van der Waals surface area contributed by atoms with Crippen LogP contribution in [-0.2, 0) is 39.2 Å². The zero-order valence-electron chi connectivity index (χ0n) is 22.0. The Labute approximate surface area is 242 Å². The fourth-order valence-electron chi connectivity index (χ4n) is 5.63. The minimum absolute atomic E-state index is 0.0127. The minimum atomic E-state index is -5.28. The number of phosphoric ester groups is 1. The van der Waals surface area contributed by atoms with Gasteiger partial charge in [0.2, 0.25) is 0 Å². The number of aromatic nitrogens is 4. The fourth-order valence-corrected chi connectivity index (χ4v) is 8.75. The van der Waals surface area contributed by atoms with Crippen LogP contribution in [0.3, 0.4) is 0 Å². The number of hydrogen-bond donors (Lipinski definition) is 9. The highest BCUT2D eigenvalue weighted by atomic mass is 32.5. The van der Waals surface area contributed by atoms with Crippen molar-refractivity contribution in [2.45, 2.75) is 61.7 Å². The lowest BCUT2D eigenvalue weighted by atomic mass is 9.86. The van der Waals surface area contributed by atoms with E-state index in [1.165, 1.54) is 24.1 Å². The monoisotopic (exact) mass is 659 g/mol. The maximum atomic E-state index is 12.6. The molecule has 2 aromatic heterocycles. The summed E-state index contributed by atoms with van der Waals surface area (Å²) in [4.78, 5) is 33.2. The Balaban J connectivity index is 1.19. The van der Waals surface area contributed by atoms with Crippen molar-refractivity contribution in [2.75, 3.05) is 25.6 Å². The van der Waals surface area contributed by atoms with Gasteiger partial charge < -0.3 is 59.7 Å². The van der Waals surface area contributed by atoms with Crippen LogP contribution < -0.4 is 5.32 Å². The lowest BCUT2D eigenvalue weighted by Crippen LogP contribution is -2.64. The predicted octanol–water partition coefficient (Wildman–Crippen LogP) is -2.36. The molecule has 3 aliphatic rings. The third-order valence-electron chi connectivity index (χ3n) is 7.45. The molecule has 4 heterocycles. The summed E-state index contributed by atoms with van der Waals surface area (Å²) in [5.74, 6) is -5.02. The number of fused-ring (bicyclic) bond motifs is 2. The minimum Gasteiger partial charge on any atom is -0.394 e. The Hall–Kier alpha value is -1.29. The molecule has 42 heavy (non-hydrogen) atoms. The van der Waals surface area contributed by atoms with Gasteiger partial charge in [-0.15, -0.1) is 0 Å². The van der Waals surface area contributed by atoms with Crippen LogP contribution in [0.25, 0.3) is 11.2 Å². The van der Waals surface area contributed by atoms with Crippen molar-refractivity contribution in [3.8, 4) is 0 Å². The molecule has 0 aromatic carbocycles. The van der Waals surface area contributed by atoms with Crippen LogP contribution in [0.15, 0.2) is 12.7 Å². The number of aliphatic hydroxyl groups is 6. The first-order chi connectivity index (χ1) is 19.5. The van der Waals surface area contributed by atoms with Gasteiger partial charge in [0.05, 0.1) is 55.8 Å². The van der Waals surface area contributed by atoms with Crippen LogP contribution in [0.1, 0.15) is 19.6 Å². The molecule has 0 amide bonds. The molecule has 2 aliphatic heterocycles. The molecule has 19 nitrogen and oxygen atoms in total. The quantitative estimate of drug-likeness (QED) is 0.114. The van der Waals surface area contributed by atoms with Crippen molar-refractivity contribution in [3.05, 3.63) is 12.7 Å². The molecule has 0 radical (unpaired) electrons.